The van der Waals surface area contributed by atoms with Gasteiger partial charge in [0.2, 0.25) is 0 Å². The normalized spacial score (nSPS) is 15.1. The van der Waals surface area contributed by atoms with Crippen LogP contribution in [0.1, 0.15) is 28.7 Å². The van der Waals surface area contributed by atoms with Gasteiger partial charge < -0.3 is 10.2 Å². The number of nitrogens with zero attached hydrogens (tertiary/aromatic N) is 1. The molecule has 0 amide bonds. The van der Waals surface area contributed by atoms with Crippen LogP contribution in [-0.4, -0.2) is 17.3 Å². The SMILES string of the molecule is Cc1ccc2c(c1C)N(CCCNCc1ccccc1)c1cccc(C)c1S2=O. The zero-order valence-corrected chi connectivity index (χ0v) is 18.2. The monoisotopic (exact) mass is 404 g/mol. The number of hydrogen-bond donors (Lipinski definition) is 1. The number of hydrogen-bond acceptors (Lipinski definition) is 3. The summed E-state index contributed by atoms with van der Waals surface area (Å²) in [6, 6.07) is 20.9. The third-order valence-electron chi connectivity index (χ3n) is 5.71. The van der Waals surface area contributed by atoms with E-state index in [9.17, 15) is 4.21 Å². The molecule has 1 aliphatic heterocycles. The Morgan fingerprint density at radius 1 is 0.897 bits per heavy atom. The van der Waals surface area contributed by atoms with Crippen LogP contribution in [0.2, 0.25) is 0 Å². The maximum Gasteiger partial charge on any atom is 0.0895 e. The molecule has 0 bridgehead atoms. The lowest BCUT2D eigenvalue weighted by Crippen LogP contribution is -2.29. The largest absolute Gasteiger partial charge is 0.339 e. The number of fused-ring (bicyclic) bond motifs is 2. The zero-order valence-electron chi connectivity index (χ0n) is 17.4. The summed E-state index contributed by atoms with van der Waals surface area (Å²) in [7, 11) is -1.13. The summed E-state index contributed by atoms with van der Waals surface area (Å²) in [5.74, 6) is 0. The lowest BCUT2D eigenvalue weighted by Gasteiger charge is -2.35. The molecule has 0 aromatic heterocycles. The van der Waals surface area contributed by atoms with Crippen LogP contribution in [-0.2, 0) is 17.3 Å². The van der Waals surface area contributed by atoms with Crippen molar-refractivity contribution in [3.8, 4) is 0 Å². The summed E-state index contributed by atoms with van der Waals surface area (Å²) < 4.78 is 13.3. The molecule has 1 atom stereocenters. The van der Waals surface area contributed by atoms with Crippen molar-refractivity contribution in [1.29, 1.82) is 0 Å². The van der Waals surface area contributed by atoms with Gasteiger partial charge >= 0.3 is 0 Å². The van der Waals surface area contributed by atoms with Crippen LogP contribution < -0.4 is 10.2 Å². The number of nitrogens with one attached hydrogen (secondary N) is 1. The molecule has 150 valence electrons. The number of benzene rings is 3. The summed E-state index contributed by atoms with van der Waals surface area (Å²) in [6.45, 7) is 9.05. The summed E-state index contributed by atoms with van der Waals surface area (Å²) >= 11 is 0. The Morgan fingerprint density at radius 3 is 2.48 bits per heavy atom. The maximum absolute atomic E-state index is 13.3. The molecule has 0 spiro atoms. The molecule has 4 heteroatoms. The van der Waals surface area contributed by atoms with E-state index in [1.807, 2.05) is 12.1 Å². The molecular formula is C25H28N2OS. The van der Waals surface area contributed by atoms with Crippen LogP contribution in [0.15, 0.2) is 70.5 Å². The molecular weight excluding hydrogens is 376 g/mol. The van der Waals surface area contributed by atoms with Gasteiger partial charge in [0.1, 0.15) is 0 Å². The first-order valence-electron chi connectivity index (χ1n) is 10.2. The lowest BCUT2D eigenvalue weighted by molar-refractivity contribution is 0.646. The standard InChI is InChI=1S/C25H28N2OS/c1-18-13-14-23-24(20(18)3)27(22-12-7-9-19(2)25(22)29(23)28)16-8-15-26-17-21-10-5-4-6-11-21/h4-7,9-14,26H,8,15-17H2,1-3H3. The fraction of sp³-hybridized carbons (Fsp3) is 0.280. The van der Waals surface area contributed by atoms with E-state index >= 15 is 0 Å². The zero-order chi connectivity index (χ0) is 20.4. The van der Waals surface area contributed by atoms with Crippen molar-refractivity contribution in [2.45, 2.75) is 43.5 Å². The highest BCUT2D eigenvalue weighted by Gasteiger charge is 2.30. The minimum Gasteiger partial charge on any atom is -0.339 e. The number of rotatable bonds is 6. The van der Waals surface area contributed by atoms with E-state index in [-0.39, 0.29) is 0 Å². The second-order valence-electron chi connectivity index (χ2n) is 7.71. The van der Waals surface area contributed by atoms with E-state index in [4.69, 9.17) is 0 Å². The van der Waals surface area contributed by atoms with Crippen LogP contribution in [0.3, 0.4) is 0 Å². The van der Waals surface area contributed by atoms with Crippen LogP contribution >= 0.6 is 0 Å². The fourth-order valence-electron chi connectivity index (χ4n) is 4.01. The van der Waals surface area contributed by atoms with Crippen molar-refractivity contribution >= 4 is 22.2 Å². The molecule has 1 aliphatic rings. The highest BCUT2D eigenvalue weighted by Crippen LogP contribution is 2.45. The third kappa shape index (κ3) is 3.87. The Kier molecular flexibility index (Phi) is 5.84. The first-order valence-corrected chi connectivity index (χ1v) is 11.4. The predicted octanol–water partition coefficient (Wildman–Crippen LogP) is 5.41. The Balaban J connectivity index is 1.56. The highest BCUT2D eigenvalue weighted by molar-refractivity contribution is 7.85. The van der Waals surface area contributed by atoms with Crippen LogP contribution in [0.5, 0.6) is 0 Å². The van der Waals surface area contributed by atoms with Gasteiger partial charge in [-0.05, 0) is 68.1 Å². The molecule has 1 unspecified atom stereocenters. The molecule has 0 aliphatic carbocycles. The molecule has 3 nitrogen and oxygen atoms in total. The summed E-state index contributed by atoms with van der Waals surface area (Å²) in [5, 5.41) is 3.55. The highest BCUT2D eigenvalue weighted by atomic mass is 32.2. The summed E-state index contributed by atoms with van der Waals surface area (Å²) in [5.41, 5.74) is 7.08. The van der Waals surface area contributed by atoms with E-state index in [1.54, 1.807) is 0 Å². The maximum atomic E-state index is 13.3. The molecule has 4 rings (SSSR count). The van der Waals surface area contributed by atoms with Gasteiger partial charge in [-0.25, -0.2) is 4.21 Å². The van der Waals surface area contributed by atoms with Gasteiger partial charge in [0.15, 0.2) is 0 Å². The predicted molar refractivity (Wildman–Crippen MR) is 122 cm³/mol. The topological polar surface area (TPSA) is 32.3 Å². The third-order valence-corrected chi connectivity index (χ3v) is 7.34. The quantitative estimate of drug-likeness (QED) is 0.558. The van der Waals surface area contributed by atoms with E-state index in [0.29, 0.717) is 0 Å². The average Bonchev–Trinajstić information content (AvgIpc) is 2.73. The molecule has 3 aromatic rings. The first kappa shape index (κ1) is 19.9. The Labute approximate surface area is 176 Å². The molecule has 1 heterocycles. The molecule has 0 fully saturated rings. The van der Waals surface area contributed by atoms with E-state index in [1.165, 1.54) is 16.7 Å². The van der Waals surface area contributed by atoms with Crippen molar-refractivity contribution in [3.05, 3.63) is 82.9 Å². The fourth-order valence-corrected chi connectivity index (χ4v) is 5.58. The van der Waals surface area contributed by atoms with Crippen LogP contribution in [0.25, 0.3) is 0 Å². The Hall–Kier alpha value is -2.43. The van der Waals surface area contributed by atoms with Crippen molar-refractivity contribution in [3.63, 3.8) is 0 Å². The van der Waals surface area contributed by atoms with Gasteiger partial charge in [-0.2, -0.15) is 0 Å². The van der Waals surface area contributed by atoms with Gasteiger partial charge in [0.25, 0.3) is 0 Å². The van der Waals surface area contributed by atoms with Crippen LogP contribution in [0.4, 0.5) is 11.4 Å². The van der Waals surface area contributed by atoms with E-state index in [0.717, 1.165) is 52.8 Å². The second kappa shape index (κ2) is 8.52. The molecule has 0 saturated heterocycles. The molecule has 3 aromatic carbocycles. The van der Waals surface area contributed by atoms with Gasteiger partial charge in [-0.3, -0.25) is 0 Å². The Bertz CT molecular complexity index is 1050. The number of aryl methyl sites for hydroxylation is 2. The minimum absolute atomic E-state index is 0.884. The minimum atomic E-state index is -1.13. The van der Waals surface area contributed by atoms with E-state index < -0.39 is 10.8 Å². The molecule has 0 radical (unpaired) electrons. The average molecular weight is 405 g/mol. The van der Waals surface area contributed by atoms with E-state index in [2.05, 4.69) is 79.5 Å². The van der Waals surface area contributed by atoms with Crippen molar-refractivity contribution < 1.29 is 4.21 Å². The lowest BCUT2D eigenvalue weighted by atomic mass is 10.1. The van der Waals surface area contributed by atoms with Gasteiger partial charge in [-0.1, -0.05) is 48.5 Å². The summed E-state index contributed by atoms with van der Waals surface area (Å²) in [6.07, 6.45) is 1.01. The van der Waals surface area contributed by atoms with Gasteiger partial charge in [-0.15, -0.1) is 0 Å². The van der Waals surface area contributed by atoms with Gasteiger partial charge in [0, 0.05) is 13.1 Å². The Morgan fingerprint density at radius 2 is 1.69 bits per heavy atom. The second-order valence-corrected chi connectivity index (χ2v) is 9.10. The van der Waals surface area contributed by atoms with Crippen molar-refractivity contribution in [2.75, 3.05) is 18.0 Å². The van der Waals surface area contributed by atoms with Gasteiger partial charge in [0.05, 0.1) is 32.0 Å². The number of anilines is 2. The van der Waals surface area contributed by atoms with Crippen LogP contribution in [0, 0.1) is 20.8 Å². The molecule has 0 saturated carbocycles. The smallest absolute Gasteiger partial charge is 0.0895 e. The van der Waals surface area contributed by atoms with Crippen molar-refractivity contribution in [1.82, 2.24) is 5.32 Å². The molecule has 29 heavy (non-hydrogen) atoms. The summed E-state index contributed by atoms with van der Waals surface area (Å²) in [4.78, 5) is 4.28. The first-order chi connectivity index (χ1) is 14.1. The van der Waals surface area contributed by atoms with Crippen molar-refractivity contribution in [2.24, 2.45) is 0 Å². The molecule has 1 N–H and O–H groups in total.